The van der Waals surface area contributed by atoms with E-state index in [1.807, 2.05) is 6.92 Å². The molecule has 0 rings (SSSR count). The first-order valence-corrected chi connectivity index (χ1v) is 5.92. The number of aliphatic hydroxyl groups excluding tert-OH is 1. The molecular formula is C13H26O2. The van der Waals surface area contributed by atoms with Crippen LogP contribution in [-0.2, 0) is 4.74 Å². The maximum absolute atomic E-state index is 8.68. The van der Waals surface area contributed by atoms with Crippen LogP contribution in [0.4, 0.5) is 0 Å². The predicted octanol–water partition coefficient (Wildman–Crippen LogP) is 3.30. The van der Waals surface area contributed by atoms with Gasteiger partial charge >= 0.3 is 0 Å². The van der Waals surface area contributed by atoms with E-state index in [4.69, 9.17) is 9.84 Å². The molecule has 0 aliphatic rings. The van der Waals surface area contributed by atoms with Crippen LogP contribution in [0.15, 0.2) is 11.6 Å². The molecule has 0 aliphatic carbocycles. The van der Waals surface area contributed by atoms with Crippen molar-refractivity contribution in [2.75, 3.05) is 13.2 Å². The van der Waals surface area contributed by atoms with Gasteiger partial charge in [0.1, 0.15) is 0 Å². The van der Waals surface area contributed by atoms with Crippen LogP contribution in [0.2, 0.25) is 0 Å². The average Bonchev–Trinajstić information content (AvgIpc) is 2.14. The zero-order valence-corrected chi connectivity index (χ0v) is 10.7. The molecule has 15 heavy (non-hydrogen) atoms. The summed E-state index contributed by atoms with van der Waals surface area (Å²) in [5.41, 5.74) is 1.38. The van der Waals surface area contributed by atoms with Gasteiger partial charge in [0.2, 0.25) is 0 Å². The maximum Gasteiger partial charge on any atom is 0.0626 e. The van der Waals surface area contributed by atoms with Crippen LogP contribution in [0.25, 0.3) is 0 Å². The summed E-state index contributed by atoms with van der Waals surface area (Å²) in [5.74, 6) is 0. The van der Waals surface area contributed by atoms with Crippen molar-refractivity contribution in [1.29, 1.82) is 0 Å². The lowest BCUT2D eigenvalue weighted by atomic mass is 9.99. The van der Waals surface area contributed by atoms with Crippen molar-refractivity contribution in [3.05, 3.63) is 11.6 Å². The van der Waals surface area contributed by atoms with E-state index in [0.717, 1.165) is 32.3 Å². The van der Waals surface area contributed by atoms with E-state index in [0.29, 0.717) is 0 Å². The second kappa shape index (κ2) is 7.89. The van der Waals surface area contributed by atoms with Gasteiger partial charge in [-0.15, -0.1) is 0 Å². The van der Waals surface area contributed by atoms with Gasteiger partial charge in [-0.2, -0.15) is 0 Å². The maximum atomic E-state index is 8.68. The van der Waals surface area contributed by atoms with Gasteiger partial charge < -0.3 is 9.84 Å². The zero-order chi connectivity index (χ0) is 11.7. The quantitative estimate of drug-likeness (QED) is 0.628. The fraction of sp³-hybridized carbons (Fsp3) is 0.846. The van der Waals surface area contributed by atoms with Crippen molar-refractivity contribution < 1.29 is 9.84 Å². The van der Waals surface area contributed by atoms with Crippen molar-refractivity contribution in [2.45, 2.75) is 59.0 Å². The lowest BCUT2D eigenvalue weighted by molar-refractivity contribution is -0.0173. The third kappa shape index (κ3) is 8.64. The molecule has 2 nitrogen and oxygen atoms in total. The minimum Gasteiger partial charge on any atom is -0.396 e. The zero-order valence-electron chi connectivity index (χ0n) is 10.7. The SMILES string of the molecule is CCOC(C)(C)CCC/C(C)=C/CCO. The van der Waals surface area contributed by atoms with Crippen LogP contribution in [-0.4, -0.2) is 23.9 Å². The fourth-order valence-corrected chi connectivity index (χ4v) is 1.67. The summed E-state index contributed by atoms with van der Waals surface area (Å²) in [5, 5.41) is 8.68. The Hall–Kier alpha value is -0.340. The first-order valence-electron chi connectivity index (χ1n) is 5.92. The highest BCUT2D eigenvalue weighted by Crippen LogP contribution is 2.19. The molecule has 0 aromatic heterocycles. The van der Waals surface area contributed by atoms with E-state index >= 15 is 0 Å². The Morgan fingerprint density at radius 2 is 2.07 bits per heavy atom. The van der Waals surface area contributed by atoms with Crippen LogP contribution in [0.3, 0.4) is 0 Å². The van der Waals surface area contributed by atoms with Crippen LogP contribution in [0.5, 0.6) is 0 Å². The molecule has 0 heterocycles. The smallest absolute Gasteiger partial charge is 0.0626 e. The largest absolute Gasteiger partial charge is 0.396 e. The predicted molar refractivity (Wildman–Crippen MR) is 65.0 cm³/mol. The van der Waals surface area contributed by atoms with E-state index in [1.54, 1.807) is 0 Å². The second-order valence-electron chi connectivity index (χ2n) is 4.61. The lowest BCUT2D eigenvalue weighted by Crippen LogP contribution is -2.24. The lowest BCUT2D eigenvalue weighted by Gasteiger charge is -2.24. The summed E-state index contributed by atoms with van der Waals surface area (Å²) < 4.78 is 5.63. The Bertz CT molecular complexity index is 183. The molecule has 90 valence electrons. The van der Waals surface area contributed by atoms with Gasteiger partial charge in [-0.3, -0.25) is 0 Å². The number of ether oxygens (including phenoxy) is 1. The van der Waals surface area contributed by atoms with Crippen molar-refractivity contribution in [3.63, 3.8) is 0 Å². The van der Waals surface area contributed by atoms with E-state index in [1.165, 1.54) is 5.57 Å². The molecular weight excluding hydrogens is 188 g/mol. The molecule has 2 heteroatoms. The van der Waals surface area contributed by atoms with Gasteiger partial charge in [0.25, 0.3) is 0 Å². The Morgan fingerprint density at radius 1 is 1.40 bits per heavy atom. The van der Waals surface area contributed by atoms with Gasteiger partial charge in [0.15, 0.2) is 0 Å². The second-order valence-corrected chi connectivity index (χ2v) is 4.61. The van der Waals surface area contributed by atoms with Crippen LogP contribution in [0.1, 0.15) is 53.4 Å². The third-order valence-corrected chi connectivity index (χ3v) is 2.51. The van der Waals surface area contributed by atoms with Crippen LogP contribution in [0, 0.1) is 0 Å². The van der Waals surface area contributed by atoms with Crippen molar-refractivity contribution in [2.24, 2.45) is 0 Å². The molecule has 0 radical (unpaired) electrons. The molecule has 0 atom stereocenters. The molecule has 0 aliphatic heterocycles. The molecule has 0 unspecified atom stereocenters. The molecule has 0 amide bonds. The fourth-order valence-electron chi connectivity index (χ4n) is 1.67. The summed E-state index contributed by atoms with van der Waals surface area (Å²) in [6, 6.07) is 0. The van der Waals surface area contributed by atoms with E-state index in [-0.39, 0.29) is 12.2 Å². The molecule has 0 fully saturated rings. The molecule has 0 saturated carbocycles. The number of aliphatic hydroxyl groups is 1. The minimum atomic E-state index is 0.00596. The highest BCUT2D eigenvalue weighted by atomic mass is 16.5. The van der Waals surface area contributed by atoms with Crippen LogP contribution >= 0.6 is 0 Å². The summed E-state index contributed by atoms with van der Waals surface area (Å²) in [6.45, 7) is 9.48. The normalized spacial score (nSPS) is 13.3. The summed E-state index contributed by atoms with van der Waals surface area (Å²) in [4.78, 5) is 0. The van der Waals surface area contributed by atoms with Gasteiger partial charge in [0, 0.05) is 13.2 Å². The van der Waals surface area contributed by atoms with Gasteiger partial charge in [-0.05, 0) is 53.4 Å². The van der Waals surface area contributed by atoms with Crippen LogP contribution < -0.4 is 0 Å². The van der Waals surface area contributed by atoms with Gasteiger partial charge in [0.05, 0.1) is 5.60 Å². The molecule has 0 aromatic carbocycles. The standard InChI is InChI=1S/C13H26O2/c1-5-15-13(3,4)10-6-8-12(2)9-7-11-14/h9,14H,5-8,10-11H2,1-4H3/b12-9+. The summed E-state index contributed by atoms with van der Waals surface area (Å²) in [6.07, 6.45) is 6.25. The first-order chi connectivity index (χ1) is 7.02. The molecule has 0 aromatic rings. The van der Waals surface area contributed by atoms with Crippen molar-refractivity contribution in [3.8, 4) is 0 Å². The number of hydrogen-bond acceptors (Lipinski definition) is 2. The highest BCUT2D eigenvalue weighted by molar-refractivity contribution is 4.97. The van der Waals surface area contributed by atoms with Crippen molar-refractivity contribution in [1.82, 2.24) is 0 Å². The first kappa shape index (κ1) is 14.7. The number of hydrogen-bond donors (Lipinski definition) is 1. The Labute approximate surface area is 94.3 Å². The van der Waals surface area contributed by atoms with Gasteiger partial charge in [-0.25, -0.2) is 0 Å². The molecule has 0 spiro atoms. The number of rotatable bonds is 8. The highest BCUT2D eigenvalue weighted by Gasteiger charge is 2.16. The summed E-state index contributed by atoms with van der Waals surface area (Å²) in [7, 11) is 0. The monoisotopic (exact) mass is 214 g/mol. The average molecular weight is 214 g/mol. The minimum absolute atomic E-state index is 0.00596. The summed E-state index contributed by atoms with van der Waals surface area (Å²) >= 11 is 0. The van der Waals surface area contributed by atoms with Gasteiger partial charge in [-0.1, -0.05) is 11.6 Å². The van der Waals surface area contributed by atoms with E-state index < -0.39 is 0 Å². The molecule has 1 N–H and O–H groups in total. The number of allylic oxidation sites excluding steroid dienone is 1. The Balaban J connectivity index is 3.68. The molecule has 0 bridgehead atoms. The van der Waals surface area contributed by atoms with E-state index in [2.05, 4.69) is 26.8 Å². The van der Waals surface area contributed by atoms with Crippen molar-refractivity contribution >= 4 is 0 Å². The third-order valence-electron chi connectivity index (χ3n) is 2.51. The van der Waals surface area contributed by atoms with E-state index in [9.17, 15) is 0 Å². The topological polar surface area (TPSA) is 29.5 Å². The molecule has 0 saturated heterocycles. The Morgan fingerprint density at radius 3 is 2.60 bits per heavy atom. The Kier molecular flexibility index (Phi) is 7.71.